The molecule has 0 amide bonds. The van der Waals surface area contributed by atoms with Gasteiger partial charge < -0.3 is 20.1 Å². The Hall–Kier alpha value is -1.30. The lowest BCUT2D eigenvalue weighted by atomic mass is 9.97. The van der Waals surface area contributed by atoms with Crippen molar-refractivity contribution in [3.8, 4) is 0 Å². The average molecular weight is 314 g/mol. The highest BCUT2D eigenvalue weighted by atomic mass is 32.2. The van der Waals surface area contributed by atoms with Gasteiger partial charge in [0.1, 0.15) is 0 Å². The third-order valence-electron chi connectivity index (χ3n) is 3.78. The molecule has 2 atom stereocenters. The molecule has 0 aromatic heterocycles. The van der Waals surface area contributed by atoms with E-state index in [1.54, 1.807) is 0 Å². The molecule has 1 fully saturated rings. The van der Waals surface area contributed by atoms with Crippen molar-refractivity contribution in [1.82, 2.24) is 0 Å². The minimum atomic E-state index is -1.05. The lowest BCUT2D eigenvalue weighted by Gasteiger charge is -2.15. The van der Waals surface area contributed by atoms with Gasteiger partial charge in [-0.05, 0) is 12.5 Å². The smallest absolute Gasteiger partial charge is 0.327 e. The van der Waals surface area contributed by atoms with E-state index in [0.29, 0.717) is 6.61 Å². The first kappa shape index (κ1) is 16.1. The number of carbonyl (C=O) groups is 1. The Labute approximate surface area is 128 Å². The van der Waals surface area contributed by atoms with Gasteiger partial charge in [-0.25, -0.2) is 0 Å². The molecular weight excluding hydrogens is 292 g/mol. The normalized spacial score (nSPS) is 27.1. The Morgan fingerprint density at radius 1 is 1.24 bits per heavy atom. The molecule has 1 heterocycles. The number of fused-ring (bicyclic) bond motifs is 1. The second kappa shape index (κ2) is 6.64. The fourth-order valence-corrected chi connectivity index (χ4v) is 3.59. The van der Waals surface area contributed by atoms with E-state index in [4.69, 9.17) is 4.74 Å². The molecule has 5 nitrogen and oxygen atoms in total. The zero-order chi connectivity index (χ0) is 15.5. The van der Waals surface area contributed by atoms with Crippen LogP contribution in [-0.2, 0) is 9.53 Å². The number of aliphatic hydroxyl groups excluding tert-OH is 3. The summed E-state index contributed by atoms with van der Waals surface area (Å²) in [5.74, 6) is -1.83. The van der Waals surface area contributed by atoms with E-state index in [2.05, 4.69) is 6.92 Å². The van der Waals surface area contributed by atoms with Crippen LogP contribution in [-0.4, -0.2) is 37.9 Å². The van der Waals surface area contributed by atoms with Crippen LogP contribution in [0.4, 0.5) is 0 Å². The van der Waals surface area contributed by atoms with Crippen LogP contribution in [0.15, 0.2) is 23.4 Å². The number of hydrogen-bond donors (Lipinski definition) is 3. The highest BCUT2D eigenvalue weighted by Gasteiger charge is 2.66. The maximum absolute atomic E-state index is 12.1. The van der Waals surface area contributed by atoms with Gasteiger partial charge in [0.2, 0.25) is 0 Å². The fourth-order valence-electron chi connectivity index (χ4n) is 2.43. The molecular formula is C15H22O5S. The molecule has 2 rings (SSSR count). The Bertz CT molecular complexity index is 471. The molecule has 0 aromatic carbocycles. The van der Waals surface area contributed by atoms with E-state index in [9.17, 15) is 20.1 Å². The molecule has 3 N–H and O–H groups in total. The molecule has 1 aliphatic carbocycles. The van der Waals surface area contributed by atoms with Crippen molar-refractivity contribution in [3.63, 3.8) is 0 Å². The van der Waals surface area contributed by atoms with Crippen LogP contribution in [0.25, 0.3) is 0 Å². The number of hydrogen-bond acceptors (Lipinski definition) is 6. The summed E-state index contributed by atoms with van der Waals surface area (Å²) in [6.45, 7) is 2.52. The van der Waals surface area contributed by atoms with Gasteiger partial charge in [-0.1, -0.05) is 39.0 Å². The average Bonchev–Trinajstić information content (AvgIpc) is 3.19. The molecule has 0 aromatic rings. The summed E-state index contributed by atoms with van der Waals surface area (Å²) < 4.78 is 4.18. The zero-order valence-corrected chi connectivity index (χ0v) is 13.0. The molecule has 118 valence electrons. The highest BCUT2D eigenvalue weighted by Crippen LogP contribution is 2.61. The van der Waals surface area contributed by atoms with Gasteiger partial charge >= 0.3 is 5.97 Å². The first-order chi connectivity index (χ1) is 10.0. The molecule has 0 spiro atoms. The van der Waals surface area contributed by atoms with E-state index in [1.165, 1.54) is 37.1 Å². The van der Waals surface area contributed by atoms with E-state index in [1.807, 2.05) is 0 Å². The molecule has 2 unspecified atom stereocenters. The standard InChI is InChI=1S/C15H22O5S/c1-2-3-4-5-6-7-8-20-14(19)15-9-10(16)11(17)12(18)13(15)21-15/h9,13,16-18H,2-8H2,1H3. The number of ether oxygens (including phenoxy) is 1. The Morgan fingerprint density at radius 3 is 2.62 bits per heavy atom. The molecule has 21 heavy (non-hydrogen) atoms. The van der Waals surface area contributed by atoms with Gasteiger partial charge in [-0.15, -0.1) is 11.8 Å². The van der Waals surface area contributed by atoms with Crippen LogP contribution in [0.3, 0.4) is 0 Å². The summed E-state index contributed by atoms with van der Waals surface area (Å²) in [7, 11) is 0. The Morgan fingerprint density at radius 2 is 1.90 bits per heavy atom. The molecule has 0 saturated carbocycles. The van der Waals surface area contributed by atoms with Gasteiger partial charge in [0.15, 0.2) is 22.0 Å². The topological polar surface area (TPSA) is 87.0 Å². The number of unbranched alkanes of at least 4 members (excludes halogenated alkanes) is 5. The monoisotopic (exact) mass is 314 g/mol. The summed E-state index contributed by atoms with van der Waals surface area (Å²) in [6, 6.07) is 0. The number of esters is 1. The largest absolute Gasteiger partial charge is 0.507 e. The van der Waals surface area contributed by atoms with Crippen molar-refractivity contribution in [3.05, 3.63) is 23.4 Å². The summed E-state index contributed by atoms with van der Waals surface area (Å²) in [5, 5.41) is 28.1. The zero-order valence-electron chi connectivity index (χ0n) is 12.2. The number of rotatable bonds is 8. The summed E-state index contributed by atoms with van der Waals surface area (Å²) in [4.78, 5) is 12.1. The van der Waals surface area contributed by atoms with E-state index in [-0.39, 0.29) is 5.76 Å². The predicted molar refractivity (Wildman–Crippen MR) is 81.4 cm³/mol. The second-order valence-electron chi connectivity index (χ2n) is 5.46. The highest BCUT2D eigenvalue weighted by molar-refractivity contribution is 8.10. The lowest BCUT2D eigenvalue weighted by molar-refractivity contribution is -0.144. The van der Waals surface area contributed by atoms with Gasteiger partial charge in [-0.3, -0.25) is 4.79 Å². The van der Waals surface area contributed by atoms with Crippen molar-refractivity contribution < 1.29 is 24.9 Å². The van der Waals surface area contributed by atoms with E-state index in [0.717, 1.165) is 19.3 Å². The summed E-state index contributed by atoms with van der Waals surface area (Å²) >= 11 is 1.17. The second-order valence-corrected chi connectivity index (χ2v) is 6.84. The van der Waals surface area contributed by atoms with Crippen molar-refractivity contribution in [2.75, 3.05) is 6.61 Å². The minimum Gasteiger partial charge on any atom is -0.507 e. The third kappa shape index (κ3) is 3.31. The minimum absolute atomic E-state index is 0.350. The van der Waals surface area contributed by atoms with Crippen LogP contribution >= 0.6 is 11.8 Å². The van der Waals surface area contributed by atoms with Crippen molar-refractivity contribution in [2.24, 2.45) is 0 Å². The third-order valence-corrected chi connectivity index (χ3v) is 5.27. The maximum atomic E-state index is 12.1. The quantitative estimate of drug-likeness (QED) is 0.361. The Balaban J connectivity index is 1.74. The molecule has 2 aliphatic rings. The maximum Gasteiger partial charge on any atom is 0.327 e. The summed E-state index contributed by atoms with van der Waals surface area (Å²) in [5.41, 5.74) is 0. The molecule has 1 saturated heterocycles. The number of carbonyl (C=O) groups excluding carboxylic acids is 1. The first-order valence-electron chi connectivity index (χ1n) is 7.42. The van der Waals surface area contributed by atoms with Crippen LogP contribution < -0.4 is 0 Å². The van der Waals surface area contributed by atoms with Crippen LogP contribution in [0.2, 0.25) is 0 Å². The first-order valence-corrected chi connectivity index (χ1v) is 8.30. The molecule has 1 aliphatic heterocycles. The van der Waals surface area contributed by atoms with E-state index < -0.39 is 27.5 Å². The number of aliphatic hydroxyl groups is 3. The van der Waals surface area contributed by atoms with Crippen LogP contribution in [0, 0.1) is 0 Å². The van der Waals surface area contributed by atoms with Crippen molar-refractivity contribution in [1.29, 1.82) is 0 Å². The lowest BCUT2D eigenvalue weighted by Crippen LogP contribution is -2.31. The predicted octanol–water partition coefficient (Wildman–Crippen LogP) is 3.53. The van der Waals surface area contributed by atoms with Crippen molar-refractivity contribution >= 4 is 17.7 Å². The van der Waals surface area contributed by atoms with Crippen molar-refractivity contribution in [2.45, 2.75) is 55.4 Å². The van der Waals surface area contributed by atoms with Crippen LogP contribution in [0.5, 0.6) is 0 Å². The fraction of sp³-hybridized carbons (Fsp3) is 0.667. The Kier molecular flexibility index (Phi) is 5.08. The molecule has 6 heteroatoms. The SMILES string of the molecule is CCCCCCCCOC(=O)C12C=C(O)C(O)=C(O)C1S2. The van der Waals surface area contributed by atoms with Gasteiger partial charge in [-0.2, -0.15) is 0 Å². The van der Waals surface area contributed by atoms with E-state index >= 15 is 0 Å². The van der Waals surface area contributed by atoms with Gasteiger partial charge in [0, 0.05) is 0 Å². The summed E-state index contributed by atoms with van der Waals surface area (Å²) in [6.07, 6.45) is 7.91. The molecule has 0 bridgehead atoms. The van der Waals surface area contributed by atoms with Gasteiger partial charge in [0.25, 0.3) is 0 Å². The van der Waals surface area contributed by atoms with Crippen LogP contribution in [0.1, 0.15) is 45.4 Å². The van der Waals surface area contributed by atoms with Gasteiger partial charge in [0.05, 0.1) is 11.9 Å². The molecule has 0 radical (unpaired) electrons. The number of thioether (sulfide) groups is 1.